The second kappa shape index (κ2) is 5.26. The van der Waals surface area contributed by atoms with E-state index < -0.39 is 0 Å². The highest BCUT2D eigenvalue weighted by Gasteiger charge is 2.25. The number of aromatic nitrogens is 2. The van der Waals surface area contributed by atoms with Crippen LogP contribution in [0.2, 0.25) is 0 Å². The molecule has 3 rings (SSSR count). The quantitative estimate of drug-likeness (QED) is 0.657. The molecule has 1 aromatic heterocycles. The van der Waals surface area contributed by atoms with Crippen LogP contribution < -0.4 is 16.0 Å². The highest BCUT2D eigenvalue weighted by atomic mass is 16.5. The molecule has 0 amide bonds. The van der Waals surface area contributed by atoms with Gasteiger partial charge in [0.1, 0.15) is 5.75 Å². The van der Waals surface area contributed by atoms with Gasteiger partial charge in [0.15, 0.2) is 0 Å². The van der Waals surface area contributed by atoms with Crippen molar-refractivity contribution in [3.8, 4) is 5.75 Å². The Kier molecular flexibility index (Phi) is 3.46. The number of benzene rings is 1. The van der Waals surface area contributed by atoms with Crippen LogP contribution in [0.5, 0.6) is 5.75 Å². The molecular weight excluding hydrogens is 252 g/mol. The van der Waals surface area contributed by atoms with Gasteiger partial charge in [-0.05, 0) is 25.5 Å². The van der Waals surface area contributed by atoms with Crippen molar-refractivity contribution < 1.29 is 4.74 Å². The first kappa shape index (κ1) is 13.1. The standard InChI is InChI=1S/C15H20N4O/c1-3-19-13(9-10(2)18-19)14(17-16)12-6-4-5-11-7-8-20-15(11)12/h4-6,9,14,17H,3,7-8,16H2,1-2H3. The van der Waals surface area contributed by atoms with Crippen LogP contribution >= 0.6 is 0 Å². The molecule has 0 bridgehead atoms. The fraction of sp³-hybridized carbons (Fsp3) is 0.400. The molecule has 20 heavy (non-hydrogen) atoms. The van der Waals surface area contributed by atoms with E-state index in [0.717, 1.165) is 42.3 Å². The minimum Gasteiger partial charge on any atom is -0.493 e. The van der Waals surface area contributed by atoms with Crippen LogP contribution in [0.3, 0.4) is 0 Å². The average molecular weight is 272 g/mol. The number of nitrogens with one attached hydrogen (secondary N) is 1. The molecule has 106 valence electrons. The van der Waals surface area contributed by atoms with E-state index >= 15 is 0 Å². The van der Waals surface area contributed by atoms with Gasteiger partial charge in [-0.25, -0.2) is 5.43 Å². The lowest BCUT2D eigenvalue weighted by molar-refractivity contribution is 0.349. The van der Waals surface area contributed by atoms with Crippen molar-refractivity contribution in [2.24, 2.45) is 5.84 Å². The Hall–Kier alpha value is -1.85. The summed E-state index contributed by atoms with van der Waals surface area (Å²) in [6.45, 7) is 5.64. The Bertz CT molecular complexity index is 620. The van der Waals surface area contributed by atoms with E-state index in [0.29, 0.717) is 0 Å². The predicted molar refractivity (Wildman–Crippen MR) is 77.4 cm³/mol. The number of fused-ring (bicyclic) bond motifs is 1. The summed E-state index contributed by atoms with van der Waals surface area (Å²) in [5.41, 5.74) is 7.31. The van der Waals surface area contributed by atoms with Crippen LogP contribution in [0.25, 0.3) is 0 Å². The lowest BCUT2D eigenvalue weighted by Crippen LogP contribution is -2.31. The first-order valence-electron chi connectivity index (χ1n) is 6.99. The molecule has 3 N–H and O–H groups in total. The monoisotopic (exact) mass is 272 g/mol. The Labute approximate surface area is 118 Å². The molecule has 5 heteroatoms. The molecule has 0 radical (unpaired) electrons. The number of nitrogens with two attached hydrogens (primary N) is 1. The summed E-state index contributed by atoms with van der Waals surface area (Å²) in [4.78, 5) is 0. The Morgan fingerprint density at radius 3 is 3.10 bits per heavy atom. The summed E-state index contributed by atoms with van der Waals surface area (Å²) in [5.74, 6) is 6.79. The van der Waals surface area contributed by atoms with E-state index in [1.807, 2.05) is 11.6 Å². The van der Waals surface area contributed by atoms with Gasteiger partial charge in [0.2, 0.25) is 0 Å². The van der Waals surface area contributed by atoms with E-state index in [2.05, 4.69) is 41.7 Å². The number of hydrogen-bond donors (Lipinski definition) is 2. The predicted octanol–water partition coefficient (Wildman–Crippen LogP) is 1.70. The van der Waals surface area contributed by atoms with Crippen LogP contribution in [0.1, 0.15) is 35.5 Å². The van der Waals surface area contributed by atoms with Crippen molar-refractivity contribution >= 4 is 0 Å². The van der Waals surface area contributed by atoms with Crippen LogP contribution in [-0.2, 0) is 13.0 Å². The molecule has 5 nitrogen and oxygen atoms in total. The fourth-order valence-corrected chi connectivity index (χ4v) is 2.85. The van der Waals surface area contributed by atoms with E-state index in [4.69, 9.17) is 10.6 Å². The molecule has 1 aromatic carbocycles. The van der Waals surface area contributed by atoms with Crippen molar-refractivity contribution in [1.29, 1.82) is 0 Å². The minimum atomic E-state index is -0.107. The molecule has 0 fully saturated rings. The molecule has 1 atom stereocenters. The summed E-state index contributed by atoms with van der Waals surface area (Å²) in [6, 6.07) is 8.21. The van der Waals surface area contributed by atoms with Crippen molar-refractivity contribution in [2.45, 2.75) is 32.9 Å². The van der Waals surface area contributed by atoms with Gasteiger partial charge in [-0.1, -0.05) is 18.2 Å². The van der Waals surface area contributed by atoms with E-state index in [9.17, 15) is 0 Å². The zero-order chi connectivity index (χ0) is 14.1. The molecule has 1 unspecified atom stereocenters. The summed E-state index contributed by atoms with van der Waals surface area (Å²) in [6.07, 6.45) is 0.965. The van der Waals surface area contributed by atoms with E-state index in [-0.39, 0.29) is 6.04 Å². The third kappa shape index (κ3) is 2.09. The molecular formula is C15H20N4O. The van der Waals surface area contributed by atoms with Crippen LogP contribution in [0.4, 0.5) is 0 Å². The normalized spacial score (nSPS) is 14.9. The third-order valence-corrected chi connectivity index (χ3v) is 3.75. The van der Waals surface area contributed by atoms with Gasteiger partial charge in [-0.15, -0.1) is 0 Å². The maximum atomic E-state index is 5.82. The van der Waals surface area contributed by atoms with Crippen molar-refractivity contribution in [2.75, 3.05) is 6.61 Å². The topological polar surface area (TPSA) is 65.1 Å². The second-order valence-corrected chi connectivity index (χ2v) is 5.06. The molecule has 1 aliphatic rings. The smallest absolute Gasteiger partial charge is 0.127 e. The molecule has 0 saturated carbocycles. The Morgan fingerprint density at radius 1 is 1.50 bits per heavy atom. The first-order chi connectivity index (χ1) is 9.74. The van der Waals surface area contributed by atoms with Crippen molar-refractivity contribution in [1.82, 2.24) is 15.2 Å². The van der Waals surface area contributed by atoms with Crippen molar-refractivity contribution in [3.05, 3.63) is 46.8 Å². The van der Waals surface area contributed by atoms with Gasteiger partial charge in [-0.3, -0.25) is 10.5 Å². The minimum absolute atomic E-state index is 0.107. The maximum absolute atomic E-state index is 5.82. The fourth-order valence-electron chi connectivity index (χ4n) is 2.85. The first-order valence-corrected chi connectivity index (χ1v) is 6.99. The number of nitrogens with zero attached hydrogens (tertiary/aromatic N) is 2. The lowest BCUT2D eigenvalue weighted by Gasteiger charge is -2.20. The van der Waals surface area contributed by atoms with Crippen LogP contribution in [0, 0.1) is 6.92 Å². The van der Waals surface area contributed by atoms with Crippen LogP contribution in [0.15, 0.2) is 24.3 Å². The maximum Gasteiger partial charge on any atom is 0.127 e. The average Bonchev–Trinajstić information content (AvgIpc) is 3.06. The molecule has 0 saturated heterocycles. The second-order valence-electron chi connectivity index (χ2n) is 5.06. The number of para-hydroxylation sites is 1. The molecule has 2 aromatic rings. The molecule has 0 spiro atoms. The summed E-state index contributed by atoms with van der Waals surface area (Å²) >= 11 is 0. The summed E-state index contributed by atoms with van der Waals surface area (Å²) < 4.78 is 7.77. The Balaban J connectivity index is 2.08. The molecule has 1 aliphatic heterocycles. The largest absolute Gasteiger partial charge is 0.493 e. The zero-order valence-corrected chi connectivity index (χ0v) is 11.9. The zero-order valence-electron chi connectivity index (χ0n) is 11.9. The van der Waals surface area contributed by atoms with Gasteiger partial charge in [0.05, 0.1) is 24.0 Å². The number of hydrazine groups is 1. The van der Waals surface area contributed by atoms with E-state index in [1.54, 1.807) is 0 Å². The summed E-state index contributed by atoms with van der Waals surface area (Å²) in [5, 5.41) is 4.50. The number of rotatable bonds is 4. The third-order valence-electron chi connectivity index (χ3n) is 3.75. The number of hydrogen-bond acceptors (Lipinski definition) is 4. The Morgan fingerprint density at radius 2 is 2.35 bits per heavy atom. The van der Waals surface area contributed by atoms with Gasteiger partial charge in [0, 0.05) is 18.5 Å². The van der Waals surface area contributed by atoms with Gasteiger partial charge >= 0.3 is 0 Å². The van der Waals surface area contributed by atoms with Gasteiger partial charge < -0.3 is 4.74 Å². The van der Waals surface area contributed by atoms with Crippen molar-refractivity contribution in [3.63, 3.8) is 0 Å². The SMILES string of the molecule is CCn1nc(C)cc1C(NN)c1cccc2c1OCC2. The molecule has 2 heterocycles. The van der Waals surface area contributed by atoms with Gasteiger partial charge in [-0.2, -0.15) is 5.10 Å². The number of ether oxygens (including phenoxy) is 1. The number of aryl methyl sites for hydroxylation is 2. The van der Waals surface area contributed by atoms with E-state index in [1.165, 1.54) is 5.56 Å². The molecule has 0 aliphatic carbocycles. The summed E-state index contributed by atoms with van der Waals surface area (Å²) in [7, 11) is 0. The highest BCUT2D eigenvalue weighted by molar-refractivity contribution is 5.48. The van der Waals surface area contributed by atoms with Gasteiger partial charge in [0.25, 0.3) is 0 Å². The lowest BCUT2D eigenvalue weighted by atomic mass is 9.99. The highest BCUT2D eigenvalue weighted by Crippen LogP contribution is 2.35. The van der Waals surface area contributed by atoms with Crippen LogP contribution in [-0.4, -0.2) is 16.4 Å².